The number of thiophene rings is 1. The first kappa shape index (κ1) is 60.9. The molecule has 0 N–H and O–H groups in total. The molecule has 24 rings (SSSR count). The molecule has 0 atom stereocenters. The van der Waals surface area contributed by atoms with Crippen LogP contribution in [-0.4, -0.2) is 0 Å². The molecule has 16 aromatic carbocycles. The van der Waals surface area contributed by atoms with E-state index in [0.29, 0.717) is 0 Å². The Hall–Kier alpha value is -13.5. The first-order chi connectivity index (χ1) is 53.3. The van der Waals surface area contributed by atoms with E-state index in [2.05, 4.69) is 375 Å². The number of benzene rings is 16. The number of fused-ring (bicyclic) bond motifs is 30. The van der Waals surface area contributed by atoms with Gasteiger partial charge in [-0.1, -0.05) is 238 Å². The predicted octanol–water partition coefficient (Wildman–Crippen LogP) is 27.7. The molecule has 0 saturated heterocycles. The standard InChI is InChI=1S/C52H35NO2.C49H29NO2S/c1-51(2)39-19-8-6-17-34(39)36-28-27-33(29-43(36)51)53(32-15-4-3-5-16-32)45-23-14-26-48-50(45)38-30-44-37(31-49(38)55-48)35-18-7-9-20-40(35)52(44)41-21-10-12-24-46(41)54-47-25-13-11-22-42(47)52;1-2-13-30(14-3-1)50(31-25-26-34-33-16-5-11-24-46(33)53-47(34)27-31)41-20-12-23-44-48(41)36-28-40-35(29-45(36)52-44)32-15-4-6-17-37(32)49(40)38-18-7-9-21-42(38)51-43-22-10-8-19-39(43)49/h3-31H,1-2H3;1-29H. The summed E-state index contributed by atoms with van der Waals surface area (Å²) in [5, 5.41) is 6.94. The van der Waals surface area contributed by atoms with Gasteiger partial charge >= 0.3 is 0 Å². The third-order valence-electron chi connectivity index (χ3n) is 23.8. The molecule has 7 heteroatoms. The van der Waals surface area contributed by atoms with Gasteiger partial charge in [-0.25, -0.2) is 0 Å². The number of para-hydroxylation sites is 6. The van der Waals surface area contributed by atoms with Crippen LogP contribution in [-0.2, 0) is 16.2 Å². The molecule has 3 aliphatic carbocycles. The molecule has 19 aromatic rings. The molecule has 0 radical (unpaired) electrons. The minimum Gasteiger partial charge on any atom is -0.457 e. The Morgan fingerprint density at radius 3 is 1.13 bits per heavy atom. The lowest BCUT2D eigenvalue weighted by molar-refractivity contribution is 0.436. The van der Waals surface area contributed by atoms with Gasteiger partial charge in [0.1, 0.15) is 45.3 Å². The molecule has 3 aromatic heterocycles. The second kappa shape index (κ2) is 22.8. The first-order valence-electron chi connectivity index (χ1n) is 37.1. The molecule has 6 nitrogen and oxygen atoms in total. The Labute approximate surface area is 627 Å². The summed E-state index contributed by atoms with van der Waals surface area (Å²) in [4.78, 5) is 4.80. The van der Waals surface area contributed by atoms with Crippen molar-refractivity contribution in [3.63, 3.8) is 0 Å². The highest BCUT2D eigenvalue weighted by molar-refractivity contribution is 7.25. The average Bonchev–Trinajstić information content (AvgIpc) is 1.50. The number of hydrogen-bond acceptors (Lipinski definition) is 7. The smallest absolute Gasteiger partial charge is 0.137 e. The van der Waals surface area contributed by atoms with E-state index in [1.165, 1.54) is 86.9 Å². The molecular formula is C101H64N2O4S. The molecule has 108 heavy (non-hydrogen) atoms. The molecule has 5 aliphatic rings. The monoisotopic (exact) mass is 1400 g/mol. The van der Waals surface area contributed by atoms with Crippen molar-refractivity contribution in [1.29, 1.82) is 0 Å². The van der Waals surface area contributed by atoms with Crippen molar-refractivity contribution in [2.75, 3.05) is 9.80 Å². The SMILES string of the molecule is CC1(C)c2ccccc2-c2ccc(N(c3ccccc3)c3cccc4oc5cc6c(cc5c34)C3(c4ccccc4Oc4ccccc43)c3ccccc3-6)cc21.c1ccc(N(c2ccc3c(c2)sc2ccccc23)c2cccc3oc4cc5c(cc4c23)C2(c3ccccc3Oc3ccccc32)c2ccccc2-5)cc1. The van der Waals surface area contributed by atoms with E-state index in [0.717, 1.165) is 123 Å². The lowest BCUT2D eigenvalue weighted by Crippen LogP contribution is -2.32. The second-order valence-electron chi connectivity index (χ2n) is 29.6. The minimum atomic E-state index is -0.566. The first-order valence-corrected chi connectivity index (χ1v) is 37.9. The van der Waals surface area contributed by atoms with Crippen LogP contribution in [0.5, 0.6) is 23.0 Å². The van der Waals surface area contributed by atoms with Crippen LogP contribution < -0.4 is 19.3 Å². The van der Waals surface area contributed by atoms with Gasteiger partial charge in [-0.05, 0) is 194 Å². The molecule has 0 amide bonds. The Morgan fingerprint density at radius 2 is 0.630 bits per heavy atom. The van der Waals surface area contributed by atoms with E-state index < -0.39 is 10.8 Å². The molecule has 5 heterocycles. The summed E-state index contributed by atoms with van der Waals surface area (Å²) in [6.07, 6.45) is 0. The van der Waals surface area contributed by atoms with Crippen LogP contribution in [0, 0.1) is 0 Å². The molecule has 0 bridgehead atoms. The van der Waals surface area contributed by atoms with Gasteiger partial charge in [0, 0.05) is 81.4 Å². The average molecular weight is 1400 g/mol. The summed E-state index contributed by atoms with van der Waals surface area (Å²) in [5.74, 6) is 3.55. The number of ether oxygens (including phenoxy) is 2. The fourth-order valence-corrected chi connectivity index (χ4v) is 20.5. The quantitative estimate of drug-likeness (QED) is 0.165. The Balaban J connectivity index is 0.000000130. The molecule has 0 fully saturated rings. The van der Waals surface area contributed by atoms with Gasteiger partial charge in [-0.2, -0.15) is 0 Å². The topological polar surface area (TPSA) is 51.2 Å². The van der Waals surface area contributed by atoms with Gasteiger partial charge in [0.15, 0.2) is 0 Å². The molecule has 0 unspecified atom stereocenters. The lowest BCUT2D eigenvalue weighted by atomic mass is 9.66. The van der Waals surface area contributed by atoms with Crippen molar-refractivity contribution < 1.29 is 18.3 Å². The summed E-state index contributed by atoms with van der Waals surface area (Å²) >= 11 is 1.84. The summed E-state index contributed by atoms with van der Waals surface area (Å²) in [7, 11) is 0. The highest BCUT2D eigenvalue weighted by Crippen LogP contribution is 2.66. The normalized spacial score (nSPS) is 14.2. The van der Waals surface area contributed by atoms with Gasteiger partial charge in [-0.3, -0.25) is 0 Å². The zero-order valence-corrected chi connectivity index (χ0v) is 59.7. The van der Waals surface area contributed by atoms with Crippen LogP contribution in [0.4, 0.5) is 34.1 Å². The van der Waals surface area contributed by atoms with Gasteiger partial charge in [0.25, 0.3) is 0 Å². The number of furan rings is 2. The number of rotatable bonds is 6. The summed E-state index contributed by atoms with van der Waals surface area (Å²) in [6.45, 7) is 4.69. The van der Waals surface area contributed by atoms with Gasteiger partial charge in [-0.15, -0.1) is 11.3 Å². The second-order valence-corrected chi connectivity index (χ2v) is 30.7. The van der Waals surface area contributed by atoms with Crippen molar-refractivity contribution in [3.8, 4) is 56.4 Å². The van der Waals surface area contributed by atoms with Crippen molar-refractivity contribution in [2.45, 2.75) is 30.1 Å². The van der Waals surface area contributed by atoms with Crippen LogP contribution in [0.2, 0.25) is 0 Å². The largest absolute Gasteiger partial charge is 0.457 e. The summed E-state index contributed by atoms with van der Waals surface area (Å²) in [5.41, 5.74) is 28.6. The molecule has 2 aliphatic heterocycles. The number of hydrogen-bond donors (Lipinski definition) is 0. The molecular weight excluding hydrogens is 1340 g/mol. The van der Waals surface area contributed by atoms with Crippen molar-refractivity contribution in [3.05, 3.63) is 407 Å². The van der Waals surface area contributed by atoms with E-state index >= 15 is 0 Å². The molecule has 2 spiro atoms. The molecule has 508 valence electrons. The maximum Gasteiger partial charge on any atom is 0.137 e. The zero-order valence-electron chi connectivity index (χ0n) is 58.9. The van der Waals surface area contributed by atoms with Crippen LogP contribution in [0.25, 0.3) is 97.4 Å². The van der Waals surface area contributed by atoms with E-state index in [4.69, 9.17) is 18.3 Å². The van der Waals surface area contributed by atoms with Crippen molar-refractivity contribution >= 4 is 110 Å². The fraction of sp³-hybridized carbons (Fsp3) is 0.0495. The van der Waals surface area contributed by atoms with E-state index in [-0.39, 0.29) is 5.41 Å². The van der Waals surface area contributed by atoms with Crippen LogP contribution in [0.15, 0.2) is 361 Å². The van der Waals surface area contributed by atoms with Crippen molar-refractivity contribution in [2.24, 2.45) is 0 Å². The minimum absolute atomic E-state index is 0.126. The van der Waals surface area contributed by atoms with Crippen LogP contribution in [0.1, 0.15) is 69.5 Å². The predicted molar refractivity (Wildman–Crippen MR) is 442 cm³/mol. The zero-order chi connectivity index (χ0) is 71.1. The molecule has 0 saturated carbocycles. The fourth-order valence-electron chi connectivity index (χ4n) is 19.4. The number of anilines is 6. The van der Waals surface area contributed by atoms with Crippen molar-refractivity contribution in [1.82, 2.24) is 0 Å². The summed E-state index contributed by atoms with van der Waals surface area (Å²) in [6, 6.07) is 127. The van der Waals surface area contributed by atoms with Gasteiger partial charge in [0.05, 0.1) is 33.0 Å². The Morgan fingerprint density at radius 1 is 0.241 bits per heavy atom. The van der Waals surface area contributed by atoms with Gasteiger partial charge < -0.3 is 28.1 Å². The highest BCUT2D eigenvalue weighted by Gasteiger charge is 2.53. The van der Waals surface area contributed by atoms with Gasteiger partial charge in [0.2, 0.25) is 0 Å². The Bertz CT molecular complexity index is 6930. The third kappa shape index (κ3) is 8.36. The maximum absolute atomic E-state index is 6.87. The van der Waals surface area contributed by atoms with E-state index in [9.17, 15) is 0 Å². The van der Waals surface area contributed by atoms with Crippen LogP contribution >= 0.6 is 11.3 Å². The number of nitrogens with zero attached hydrogens (tertiary/aromatic N) is 2. The highest BCUT2D eigenvalue weighted by atomic mass is 32.1. The van der Waals surface area contributed by atoms with E-state index in [1.807, 2.05) is 11.3 Å². The maximum atomic E-state index is 6.87. The third-order valence-corrected chi connectivity index (χ3v) is 25.0. The van der Waals surface area contributed by atoms with E-state index in [1.54, 1.807) is 0 Å². The lowest BCUT2D eigenvalue weighted by Gasteiger charge is -2.39. The summed E-state index contributed by atoms with van der Waals surface area (Å²) < 4.78 is 29.5. The van der Waals surface area contributed by atoms with Crippen LogP contribution in [0.3, 0.4) is 0 Å². The Kier molecular flexibility index (Phi) is 12.8.